The van der Waals surface area contributed by atoms with Gasteiger partial charge in [-0.3, -0.25) is 9.59 Å². The first-order valence-corrected chi connectivity index (χ1v) is 11.8. The molecule has 1 aliphatic heterocycles. The minimum absolute atomic E-state index is 0.117. The Morgan fingerprint density at radius 3 is 2.30 bits per heavy atom. The van der Waals surface area contributed by atoms with Crippen molar-refractivity contribution in [2.24, 2.45) is 40.6 Å². The Morgan fingerprint density at radius 1 is 0.909 bits per heavy atom. The molecule has 0 radical (unpaired) electrons. The van der Waals surface area contributed by atoms with Gasteiger partial charge in [0.1, 0.15) is 0 Å². The van der Waals surface area contributed by atoms with Gasteiger partial charge in [-0.1, -0.05) is 48.6 Å². The maximum Gasteiger partial charge on any atom is 0.254 e. The van der Waals surface area contributed by atoms with Gasteiger partial charge in [-0.2, -0.15) is 10.1 Å². The van der Waals surface area contributed by atoms with Crippen molar-refractivity contribution in [2.75, 3.05) is 0 Å². The lowest BCUT2D eigenvalue weighted by Crippen LogP contribution is -2.40. The number of benzene rings is 2. The second-order valence-corrected chi connectivity index (χ2v) is 10.0. The van der Waals surface area contributed by atoms with Crippen LogP contribution in [0.15, 0.2) is 65.8 Å². The first kappa shape index (κ1) is 19.0. The fraction of sp³-hybridized carbons (Fsp3) is 0.321. The third-order valence-corrected chi connectivity index (χ3v) is 8.43. The van der Waals surface area contributed by atoms with Crippen LogP contribution in [0.2, 0.25) is 0 Å². The summed E-state index contributed by atoms with van der Waals surface area (Å²) >= 11 is 0. The average Bonchev–Trinajstić information content (AvgIpc) is 3.55. The van der Waals surface area contributed by atoms with E-state index in [1.165, 1.54) is 17.2 Å². The lowest BCUT2D eigenvalue weighted by Gasteiger charge is -2.37. The zero-order valence-corrected chi connectivity index (χ0v) is 18.7. The summed E-state index contributed by atoms with van der Waals surface area (Å²) in [5, 5.41) is 7.99. The van der Waals surface area contributed by atoms with Crippen molar-refractivity contribution >= 4 is 28.8 Å². The topological polar surface area (TPSA) is 54.7 Å². The molecule has 5 nitrogen and oxygen atoms in total. The number of hydrogen-bond donors (Lipinski definition) is 0. The Balaban J connectivity index is 1.23. The molecule has 33 heavy (non-hydrogen) atoms. The lowest BCUT2D eigenvalue weighted by molar-refractivity contribution is -0.140. The smallest absolute Gasteiger partial charge is 0.254 e. The summed E-state index contributed by atoms with van der Waals surface area (Å²) in [5.74, 6) is 0.981. The SMILES string of the molecule is Cc1cc(/C=N\N2C(=O)[C@@H]3[C@H]4C=C[C@@H]([C@@H]5C[C@H]45)[C@@H]3C2=O)c(C)n1-c1cccc2ccccc12. The van der Waals surface area contributed by atoms with E-state index in [-0.39, 0.29) is 35.5 Å². The summed E-state index contributed by atoms with van der Waals surface area (Å²) in [6, 6.07) is 16.7. The van der Waals surface area contributed by atoms with Crippen LogP contribution in [0.5, 0.6) is 0 Å². The highest BCUT2D eigenvalue weighted by molar-refractivity contribution is 6.06. The van der Waals surface area contributed by atoms with Gasteiger partial charge in [0.05, 0.1) is 23.7 Å². The number of fused-ring (bicyclic) bond motifs is 1. The molecule has 2 saturated carbocycles. The van der Waals surface area contributed by atoms with Crippen molar-refractivity contribution in [2.45, 2.75) is 20.3 Å². The second kappa shape index (κ2) is 6.53. The third-order valence-electron chi connectivity index (χ3n) is 8.43. The van der Waals surface area contributed by atoms with Crippen LogP contribution in [0.1, 0.15) is 23.4 Å². The van der Waals surface area contributed by atoms with E-state index >= 15 is 0 Å². The molecule has 5 heteroatoms. The summed E-state index contributed by atoms with van der Waals surface area (Å²) in [6.07, 6.45) is 7.23. The number of nitrogens with zero attached hydrogens (tertiary/aromatic N) is 3. The number of rotatable bonds is 3. The van der Waals surface area contributed by atoms with E-state index in [4.69, 9.17) is 0 Å². The predicted molar refractivity (Wildman–Crippen MR) is 127 cm³/mol. The summed E-state index contributed by atoms with van der Waals surface area (Å²) in [5.41, 5.74) is 4.15. The minimum atomic E-state index is -0.212. The van der Waals surface area contributed by atoms with Crippen LogP contribution in [0, 0.1) is 49.4 Å². The number of aromatic nitrogens is 1. The molecule has 6 atom stereocenters. The quantitative estimate of drug-likeness (QED) is 0.342. The Kier molecular flexibility index (Phi) is 3.77. The number of hydrogen-bond acceptors (Lipinski definition) is 3. The highest BCUT2D eigenvalue weighted by Gasteiger charge is 2.67. The fourth-order valence-electron chi connectivity index (χ4n) is 6.87. The fourth-order valence-corrected chi connectivity index (χ4v) is 6.87. The average molecular weight is 436 g/mol. The minimum Gasteiger partial charge on any atom is -0.317 e. The van der Waals surface area contributed by atoms with Gasteiger partial charge in [0.15, 0.2) is 0 Å². The van der Waals surface area contributed by atoms with E-state index in [9.17, 15) is 9.59 Å². The highest BCUT2D eigenvalue weighted by Crippen LogP contribution is 2.65. The van der Waals surface area contributed by atoms with Crippen LogP contribution in [0.25, 0.3) is 16.5 Å². The van der Waals surface area contributed by atoms with Crippen molar-refractivity contribution in [3.63, 3.8) is 0 Å². The van der Waals surface area contributed by atoms with Crippen molar-refractivity contribution in [1.82, 2.24) is 9.58 Å². The third kappa shape index (κ3) is 2.51. The molecular weight excluding hydrogens is 410 g/mol. The van der Waals surface area contributed by atoms with E-state index in [1.54, 1.807) is 6.21 Å². The van der Waals surface area contributed by atoms with Gasteiger partial charge in [-0.05, 0) is 61.5 Å². The van der Waals surface area contributed by atoms with Crippen molar-refractivity contribution in [1.29, 1.82) is 0 Å². The van der Waals surface area contributed by atoms with E-state index in [2.05, 4.69) is 78.1 Å². The summed E-state index contributed by atoms with van der Waals surface area (Å²) < 4.78 is 2.22. The first-order chi connectivity index (χ1) is 16.0. The molecule has 4 aliphatic carbocycles. The maximum atomic E-state index is 13.2. The maximum absolute atomic E-state index is 13.2. The van der Waals surface area contributed by atoms with Crippen molar-refractivity contribution in [3.05, 3.63) is 77.6 Å². The van der Waals surface area contributed by atoms with E-state index in [1.807, 2.05) is 6.07 Å². The predicted octanol–water partition coefficient (Wildman–Crippen LogP) is 4.63. The monoisotopic (exact) mass is 435 g/mol. The molecule has 5 aliphatic rings. The first-order valence-electron chi connectivity index (χ1n) is 11.8. The molecule has 0 spiro atoms. The normalized spacial score (nSPS) is 31.6. The van der Waals surface area contributed by atoms with Crippen LogP contribution < -0.4 is 0 Å². The van der Waals surface area contributed by atoms with Crippen LogP contribution in [-0.2, 0) is 9.59 Å². The molecule has 2 amide bonds. The number of aryl methyl sites for hydroxylation is 1. The van der Waals surface area contributed by atoms with Crippen molar-refractivity contribution < 1.29 is 9.59 Å². The van der Waals surface area contributed by atoms with Gasteiger partial charge in [-0.25, -0.2) is 0 Å². The number of carbonyl (C=O) groups excluding carboxylic acids is 2. The van der Waals surface area contributed by atoms with E-state index in [0.29, 0.717) is 11.8 Å². The molecule has 2 heterocycles. The Morgan fingerprint density at radius 2 is 1.58 bits per heavy atom. The van der Waals surface area contributed by atoms with Crippen LogP contribution in [0.3, 0.4) is 0 Å². The van der Waals surface area contributed by atoms with Gasteiger partial charge < -0.3 is 4.57 Å². The summed E-state index contributed by atoms with van der Waals surface area (Å²) in [6.45, 7) is 4.13. The van der Waals surface area contributed by atoms with Crippen molar-refractivity contribution in [3.8, 4) is 5.69 Å². The standard InChI is InChI=1S/C28H25N3O2/c1-15-12-18(16(2)30(15)24-9-5-7-17-6-3-4-8-19(17)24)14-29-31-27(32)25-20-10-11-21(23-13-22(20)23)26(25)28(31)33/h3-12,14,20-23,25-26H,13H2,1-2H3/b29-14-/t20-,21-,22-,23+,25-,26+/m0/s1. The zero-order valence-electron chi connectivity index (χ0n) is 18.7. The zero-order chi connectivity index (χ0) is 22.4. The van der Waals surface area contributed by atoms with E-state index < -0.39 is 0 Å². The summed E-state index contributed by atoms with van der Waals surface area (Å²) in [4.78, 5) is 26.4. The van der Waals surface area contributed by atoms with Crippen LogP contribution in [0.4, 0.5) is 0 Å². The van der Waals surface area contributed by atoms with Gasteiger partial charge in [0.2, 0.25) is 0 Å². The highest BCUT2D eigenvalue weighted by atomic mass is 16.2. The largest absolute Gasteiger partial charge is 0.317 e. The van der Waals surface area contributed by atoms with Gasteiger partial charge in [0.25, 0.3) is 11.8 Å². The second-order valence-electron chi connectivity index (χ2n) is 10.0. The number of carbonyl (C=O) groups is 2. The Labute approximate surface area is 192 Å². The number of allylic oxidation sites excluding steroid dienone is 2. The molecule has 2 aromatic carbocycles. The number of imide groups is 1. The molecule has 0 unspecified atom stereocenters. The number of hydrazone groups is 1. The molecular formula is C28H25N3O2. The Hall–Kier alpha value is -3.47. The molecule has 2 bridgehead atoms. The van der Waals surface area contributed by atoms with Gasteiger partial charge in [-0.15, -0.1) is 0 Å². The molecule has 0 N–H and O–H groups in total. The molecule has 3 fully saturated rings. The summed E-state index contributed by atoms with van der Waals surface area (Å²) in [7, 11) is 0. The number of amides is 2. The van der Waals surface area contributed by atoms with Crippen LogP contribution in [-0.4, -0.2) is 27.6 Å². The molecule has 1 aromatic heterocycles. The van der Waals surface area contributed by atoms with Gasteiger partial charge >= 0.3 is 0 Å². The molecule has 8 rings (SSSR count). The van der Waals surface area contributed by atoms with E-state index in [0.717, 1.165) is 27.6 Å². The molecule has 3 aromatic rings. The molecule has 1 saturated heterocycles. The molecule has 164 valence electrons. The Bertz CT molecular complexity index is 1370. The van der Waals surface area contributed by atoms with Crippen LogP contribution >= 0.6 is 0 Å². The van der Waals surface area contributed by atoms with Gasteiger partial charge in [0, 0.05) is 22.3 Å². The lowest BCUT2D eigenvalue weighted by atomic mass is 9.63.